The fourth-order valence-electron chi connectivity index (χ4n) is 2.24. The predicted molar refractivity (Wildman–Crippen MR) is 78.8 cm³/mol. The molecule has 0 saturated carbocycles. The molecule has 104 valence electrons. The maximum Gasteiger partial charge on any atom is 0.173 e. The zero-order chi connectivity index (χ0) is 14.0. The van der Waals surface area contributed by atoms with Gasteiger partial charge in [-0.25, -0.2) is 0 Å². The number of fused-ring (bicyclic) bond motifs is 1. The van der Waals surface area contributed by atoms with Gasteiger partial charge in [0.1, 0.15) is 5.60 Å². The van der Waals surface area contributed by atoms with Crippen LogP contribution in [0.1, 0.15) is 43.1 Å². The van der Waals surface area contributed by atoms with Gasteiger partial charge in [0, 0.05) is 17.5 Å². The summed E-state index contributed by atoms with van der Waals surface area (Å²) in [7, 11) is 0. The van der Waals surface area contributed by atoms with Crippen LogP contribution in [-0.2, 0) is 6.42 Å². The van der Waals surface area contributed by atoms with Crippen molar-refractivity contribution in [3.8, 4) is 11.5 Å². The van der Waals surface area contributed by atoms with Crippen LogP contribution in [0.15, 0.2) is 12.1 Å². The van der Waals surface area contributed by atoms with E-state index >= 15 is 0 Å². The molecule has 0 atom stereocenters. The Labute approximate surface area is 122 Å². The smallest absolute Gasteiger partial charge is 0.173 e. The molecule has 0 aromatic heterocycles. The van der Waals surface area contributed by atoms with Gasteiger partial charge in [0.2, 0.25) is 0 Å². The molecule has 1 aromatic rings. The number of hydrogen-bond donors (Lipinski definition) is 0. The fraction of sp³-hybridized carbons (Fsp3) is 0.533. The Kier molecular flexibility index (Phi) is 4.19. The summed E-state index contributed by atoms with van der Waals surface area (Å²) in [5.74, 6) is 1.55. The molecule has 0 saturated heterocycles. The number of Topliss-reactive ketones (excluding diaryl/α,β-unsaturated/α-hetero) is 1. The van der Waals surface area contributed by atoms with E-state index in [0.29, 0.717) is 23.2 Å². The summed E-state index contributed by atoms with van der Waals surface area (Å²) in [5.41, 5.74) is 1.51. The van der Waals surface area contributed by atoms with E-state index in [0.717, 1.165) is 24.2 Å². The summed E-state index contributed by atoms with van der Waals surface area (Å²) in [4.78, 5) is 11.9. The van der Waals surface area contributed by atoms with Crippen molar-refractivity contribution in [2.24, 2.45) is 0 Å². The van der Waals surface area contributed by atoms with Crippen molar-refractivity contribution in [1.29, 1.82) is 0 Å². The Hall–Kier alpha value is -1.03. The number of benzene rings is 1. The number of ether oxygens (including phenoxy) is 2. The third kappa shape index (κ3) is 3.11. The SMILES string of the molecule is CCCOc1cc(C(=O)CBr)cc2c1OC(C)(C)C2. The molecule has 0 unspecified atom stereocenters. The van der Waals surface area contributed by atoms with Crippen molar-refractivity contribution in [1.82, 2.24) is 0 Å². The van der Waals surface area contributed by atoms with Gasteiger partial charge in [0.05, 0.1) is 11.9 Å². The zero-order valence-corrected chi connectivity index (χ0v) is 13.2. The maximum absolute atomic E-state index is 11.9. The van der Waals surface area contributed by atoms with E-state index in [1.165, 1.54) is 0 Å². The minimum atomic E-state index is -0.233. The molecule has 0 bridgehead atoms. The van der Waals surface area contributed by atoms with Gasteiger partial charge in [-0.15, -0.1) is 0 Å². The van der Waals surface area contributed by atoms with E-state index in [9.17, 15) is 4.79 Å². The molecule has 1 heterocycles. The van der Waals surface area contributed by atoms with E-state index in [-0.39, 0.29) is 11.4 Å². The molecule has 19 heavy (non-hydrogen) atoms. The third-order valence-electron chi connectivity index (χ3n) is 3.03. The predicted octanol–water partition coefficient (Wildman–Crippen LogP) is 3.77. The van der Waals surface area contributed by atoms with Crippen molar-refractivity contribution in [3.05, 3.63) is 23.3 Å². The number of alkyl halides is 1. The van der Waals surface area contributed by atoms with Crippen LogP contribution in [0, 0.1) is 0 Å². The summed E-state index contributed by atoms with van der Waals surface area (Å²) < 4.78 is 11.7. The van der Waals surface area contributed by atoms with E-state index in [1.54, 1.807) is 6.07 Å². The van der Waals surface area contributed by atoms with Gasteiger partial charge < -0.3 is 9.47 Å². The second kappa shape index (κ2) is 5.53. The first kappa shape index (κ1) is 14.4. The van der Waals surface area contributed by atoms with Crippen molar-refractivity contribution in [2.75, 3.05) is 11.9 Å². The molecule has 0 N–H and O–H groups in total. The zero-order valence-electron chi connectivity index (χ0n) is 11.6. The molecule has 1 aliphatic heterocycles. The minimum Gasteiger partial charge on any atom is -0.490 e. The van der Waals surface area contributed by atoms with E-state index in [1.807, 2.05) is 19.9 Å². The van der Waals surface area contributed by atoms with Crippen LogP contribution < -0.4 is 9.47 Å². The monoisotopic (exact) mass is 326 g/mol. The lowest BCUT2D eigenvalue weighted by molar-refractivity contribution is 0.102. The highest BCUT2D eigenvalue weighted by atomic mass is 79.9. The summed E-state index contributed by atoms with van der Waals surface area (Å²) in [6, 6.07) is 3.71. The standard InChI is InChI=1S/C15H19BrO3/c1-4-5-18-13-7-10(12(17)9-16)6-11-8-15(2,3)19-14(11)13/h6-7H,4-5,8-9H2,1-3H3. The van der Waals surface area contributed by atoms with Crippen LogP contribution in [-0.4, -0.2) is 23.3 Å². The Bertz CT molecular complexity index is 494. The van der Waals surface area contributed by atoms with Gasteiger partial charge in [0.15, 0.2) is 17.3 Å². The number of rotatable bonds is 5. The molecule has 3 nitrogen and oxygen atoms in total. The molecule has 0 spiro atoms. The molecule has 0 amide bonds. The summed E-state index contributed by atoms with van der Waals surface area (Å²) in [6.45, 7) is 6.77. The van der Waals surface area contributed by atoms with Crippen LogP contribution in [0.2, 0.25) is 0 Å². The lowest BCUT2D eigenvalue weighted by Gasteiger charge is -2.18. The topological polar surface area (TPSA) is 35.5 Å². The molecule has 2 rings (SSSR count). The lowest BCUT2D eigenvalue weighted by Crippen LogP contribution is -2.24. The van der Waals surface area contributed by atoms with Crippen LogP contribution in [0.25, 0.3) is 0 Å². The van der Waals surface area contributed by atoms with Crippen molar-refractivity contribution in [2.45, 2.75) is 39.2 Å². The summed E-state index contributed by atoms with van der Waals surface area (Å²) in [5, 5.41) is 0.323. The van der Waals surface area contributed by atoms with Gasteiger partial charge in [0.25, 0.3) is 0 Å². The second-order valence-corrected chi connectivity index (χ2v) is 5.97. The van der Waals surface area contributed by atoms with Gasteiger partial charge in [-0.3, -0.25) is 4.79 Å². The van der Waals surface area contributed by atoms with E-state index in [4.69, 9.17) is 9.47 Å². The Balaban J connectivity index is 2.41. The third-order valence-corrected chi connectivity index (χ3v) is 3.54. The van der Waals surface area contributed by atoms with E-state index in [2.05, 4.69) is 22.9 Å². The highest BCUT2D eigenvalue weighted by Crippen LogP contribution is 2.43. The molecule has 1 aromatic carbocycles. The minimum absolute atomic E-state index is 0.0638. The molecular weight excluding hydrogens is 308 g/mol. The van der Waals surface area contributed by atoms with Crippen LogP contribution >= 0.6 is 15.9 Å². The first-order chi connectivity index (χ1) is 8.96. The second-order valence-electron chi connectivity index (χ2n) is 5.41. The highest BCUT2D eigenvalue weighted by molar-refractivity contribution is 9.09. The average Bonchev–Trinajstić information content (AvgIpc) is 2.68. The molecule has 1 aliphatic rings. The largest absolute Gasteiger partial charge is 0.490 e. The summed E-state index contributed by atoms with van der Waals surface area (Å²) in [6.07, 6.45) is 1.73. The molecular formula is C15H19BrO3. The number of carbonyl (C=O) groups excluding carboxylic acids is 1. The molecule has 4 heteroatoms. The molecule has 0 fully saturated rings. The van der Waals surface area contributed by atoms with Gasteiger partial charge in [-0.2, -0.15) is 0 Å². The average molecular weight is 327 g/mol. The Morgan fingerprint density at radius 2 is 2.21 bits per heavy atom. The Morgan fingerprint density at radius 1 is 1.47 bits per heavy atom. The number of carbonyl (C=O) groups is 1. The van der Waals surface area contributed by atoms with E-state index < -0.39 is 0 Å². The number of ketones is 1. The highest BCUT2D eigenvalue weighted by Gasteiger charge is 2.33. The quantitative estimate of drug-likeness (QED) is 0.610. The van der Waals surface area contributed by atoms with Gasteiger partial charge in [-0.1, -0.05) is 22.9 Å². The molecule has 0 radical (unpaired) electrons. The van der Waals surface area contributed by atoms with Crippen molar-refractivity contribution in [3.63, 3.8) is 0 Å². The first-order valence-corrected chi connectivity index (χ1v) is 7.67. The van der Waals surface area contributed by atoms with Crippen molar-refractivity contribution < 1.29 is 14.3 Å². The van der Waals surface area contributed by atoms with Crippen LogP contribution in [0.3, 0.4) is 0 Å². The lowest BCUT2D eigenvalue weighted by atomic mass is 9.99. The maximum atomic E-state index is 11.9. The van der Waals surface area contributed by atoms with Crippen LogP contribution in [0.5, 0.6) is 11.5 Å². The number of halogens is 1. The van der Waals surface area contributed by atoms with Gasteiger partial charge in [-0.05, 0) is 32.4 Å². The summed E-state index contributed by atoms with van der Waals surface area (Å²) >= 11 is 3.21. The normalized spacial score (nSPS) is 15.8. The number of hydrogen-bond acceptors (Lipinski definition) is 3. The van der Waals surface area contributed by atoms with Gasteiger partial charge >= 0.3 is 0 Å². The molecule has 0 aliphatic carbocycles. The van der Waals surface area contributed by atoms with Crippen molar-refractivity contribution >= 4 is 21.7 Å². The Morgan fingerprint density at radius 3 is 2.84 bits per heavy atom. The van der Waals surface area contributed by atoms with Crippen LogP contribution in [0.4, 0.5) is 0 Å². The fourth-order valence-corrected chi connectivity index (χ4v) is 2.56. The first-order valence-electron chi connectivity index (χ1n) is 6.54.